The van der Waals surface area contributed by atoms with Crippen LogP contribution in [0, 0.1) is 0 Å². The Labute approximate surface area is 141 Å². The molecule has 5 heteroatoms. The van der Waals surface area contributed by atoms with E-state index >= 15 is 0 Å². The van der Waals surface area contributed by atoms with Gasteiger partial charge in [0.25, 0.3) is 5.91 Å². The lowest BCUT2D eigenvalue weighted by Crippen LogP contribution is -2.23. The molecular formula is C19H21NO4. The Bertz CT molecular complexity index is 755. The van der Waals surface area contributed by atoms with Gasteiger partial charge < -0.3 is 19.5 Å². The summed E-state index contributed by atoms with van der Waals surface area (Å²) in [5, 5.41) is 2.91. The Kier molecular flexibility index (Phi) is 4.60. The molecule has 1 aliphatic heterocycles. The second-order valence-corrected chi connectivity index (χ2v) is 5.98. The van der Waals surface area contributed by atoms with Crippen LogP contribution in [0.15, 0.2) is 36.4 Å². The number of carbonyl (C=O) groups is 1. The molecule has 5 nitrogen and oxygen atoms in total. The first-order valence-corrected chi connectivity index (χ1v) is 7.93. The van der Waals surface area contributed by atoms with E-state index in [0.717, 1.165) is 11.3 Å². The van der Waals surface area contributed by atoms with E-state index < -0.39 is 0 Å². The SMILES string of the molecule is COc1cc(C(C)C)ccc1CNC(=O)c1ccc2c(c1)OCO2. The number of methoxy groups -OCH3 is 1. The minimum Gasteiger partial charge on any atom is -0.496 e. The fraction of sp³-hybridized carbons (Fsp3) is 0.316. The minimum absolute atomic E-state index is 0.164. The van der Waals surface area contributed by atoms with Crippen molar-refractivity contribution in [2.24, 2.45) is 0 Å². The summed E-state index contributed by atoms with van der Waals surface area (Å²) in [7, 11) is 1.64. The van der Waals surface area contributed by atoms with Gasteiger partial charge in [-0.3, -0.25) is 4.79 Å². The van der Waals surface area contributed by atoms with Crippen LogP contribution in [0.1, 0.15) is 41.3 Å². The van der Waals surface area contributed by atoms with E-state index in [0.29, 0.717) is 29.5 Å². The Morgan fingerprint density at radius 2 is 1.96 bits per heavy atom. The molecule has 0 bridgehead atoms. The Hall–Kier alpha value is -2.69. The normalized spacial score (nSPS) is 12.3. The summed E-state index contributed by atoms with van der Waals surface area (Å²) in [5.74, 6) is 2.31. The predicted molar refractivity (Wildman–Crippen MR) is 90.8 cm³/mol. The Balaban J connectivity index is 1.70. The van der Waals surface area contributed by atoms with Crippen LogP contribution in [0.5, 0.6) is 17.2 Å². The first kappa shape index (κ1) is 16.2. The molecule has 2 aromatic carbocycles. The number of carbonyl (C=O) groups excluding carboxylic acids is 1. The largest absolute Gasteiger partial charge is 0.496 e. The van der Waals surface area contributed by atoms with Crippen molar-refractivity contribution in [3.63, 3.8) is 0 Å². The molecule has 1 N–H and O–H groups in total. The van der Waals surface area contributed by atoms with Gasteiger partial charge in [-0.2, -0.15) is 0 Å². The van der Waals surface area contributed by atoms with Crippen LogP contribution in [-0.4, -0.2) is 19.8 Å². The number of amides is 1. The summed E-state index contributed by atoms with van der Waals surface area (Å²) in [5.41, 5.74) is 2.69. The zero-order valence-corrected chi connectivity index (χ0v) is 14.1. The van der Waals surface area contributed by atoms with Gasteiger partial charge in [0.2, 0.25) is 6.79 Å². The molecule has 0 fully saturated rings. The molecular weight excluding hydrogens is 306 g/mol. The molecule has 126 valence electrons. The van der Waals surface area contributed by atoms with E-state index in [1.807, 2.05) is 12.1 Å². The summed E-state index contributed by atoms with van der Waals surface area (Å²) >= 11 is 0. The molecule has 0 saturated heterocycles. The van der Waals surface area contributed by atoms with Gasteiger partial charge >= 0.3 is 0 Å². The maximum absolute atomic E-state index is 12.3. The zero-order valence-electron chi connectivity index (χ0n) is 14.1. The average molecular weight is 327 g/mol. The fourth-order valence-electron chi connectivity index (χ4n) is 2.58. The molecule has 3 rings (SSSR count). The van der Waals surface area contributed by atoms with Crippen molar-refractivity contribution in [3.05, 3.63) is 53.1 Å². The lowest BCUT2D eigenvalue weighted by atomic mass is 10.0. The summed E-state index contributed by atoms with van der Waals surface area (Å²) in [4.78, 5) is 12.3. The third-order valence-corrected chi connectivity index (χ3v) is 4.05. The number of benzene rings is 2. The summed E-state index contributed by atoms with van der Waals surface area (Å²) in [6.45, 7) is 4.86. The van der Waals surface area contributed by atoms with Gasteiger partial charge in [0, 0.05) is 17.7 Å². The van der Waals surface area contributed by atoms with Crippen LogP contribution in [0.25, 0.3) is 0 Å². The van der Waals surface area contributed by atoms with Gasteiger partial charge in [0.15, 0.2) is 11.5 Å². The van der Waals surface area contributed by atoms with Crippen molar-refractivity contribution in [2.45, 2.75) is 26.3 Å². The van der Waals surface area contributed by atoms with E-state index in [9.17, 15) is 4.79 Å². The molecule has 1 aliphatic rings. The molecule has 0 spiro atoms. The second-order valence-electron chi connectivity index (χ2n) is 5.98. The zero-order chi connectivity index (χ0) is 17.1. The minimum atomic E-state index is -0.164. The number of ether oxygens (including phenoxy) is 3. The first-order chi connectivity index (χ1) is 11.6. The van der Waals surface area contributed by atoms with Crippen molar-refractivity contribution in [1.29, 1.82) is 0 Å². The lowest BCUT2D eigenvalue weighted by Gasteiger charge is -2.13. The molecule has 0 aromatic heterocycles. The van der Waals surface area contributed by atoms with E-state index in [-0.39, 0.29) is 12.7 Å². The van der Waals surface area contributed by atoms with Crippen LogP contribution in [0.2, 0.25) is 0 Å². The highest BCUT2D eigenvalue weighted by Crippen LogP contribution is 2.32. The summed E-state index contributed by atoms with van der Waals surface area (Å²) in [6.07, 6.45) is 0. The molecule has 2 aromatic rings. The smallest absolute Gasteiger partial charge is 0.251 e. The van der Waals surface area contributed by atoms with Gasteiger partial charge in [-0.15, -0.1) is 0 Å². The topological polar surface area (TPSA) is 56.8 Å². The van der Waals surface area contributed by atoms with E-state index in [1.165, 1.54) is 5.56 Å². The van der Waals surface area contributed by atoms with Gasteiger partial charge in [0.05, 0.1) is 7.11 Å². The number of fused-ring (bicyclic) bond motifs is 1. The highest BCUT2D eigenvalue weighted by atomic mass is 16.7. The highest BCUT2D eigenvalue weighted by Gasteiger charge is 2.16. The van der Waals surface area contributed by atoms with Crippen molar-refractivity contribution >= 4 is 5.91 Å². The molecule has 1 heterocycles. The summed E-state index contributed by atoms with van der Waals surface area (Å²) < 4.78 is 16.0. The van der Waals surface area contributed by atoms with E-state index in [4.69, 9.17) is 14.2 Å². The number of hydrogen-bond donors (Lipinski definition) is 1. The van der Waals surface area contributed by atoms with Crippen molar-refractivity contribution in [3.8, 4) is 17.2 Å². The van der Waals surface area contributed by atoms with Crippen LogP contribution in [-0.2, 0) is 6.54 Å². The third kappa shape index (κ3) is 3.30. The molecule has 0 saturated carbocycles. The molecule has 0 unspecified atom stereocenters. The van der Waals surface area contributed by atoms with Crippen molar-refractivity contribution in [2.75, 3.05) is 13.9 Å². The van der Waals surface area contributed by atoms with E-state index in [1.54, 1.807) is 25.3 Å². The summed E-state index contributed by atoms with van der Waals surface area (Å²) in [6, 6.07) is 11.2. The average Bonchev–Trinajstić information content (AvgIpc) is 3.06. The van der Waals surface area contributed by atoms with Gasteiger partial charge in [-0.05, 0) is 35.7 Å². The van der Waals surface area contributed by atoms with Crippen LogP contribution in [0.3, 0.4) is 0 Å². The lowest BCUT2D eigenvalue weighted by molar-refractivity contribution is 0.0950. The van der Waals surface area contributed by atoms with Gasteiger partial charge in [0.1, 0.15) is 5.75 Å². The Morgan fingerprint density at radius 1 is 1.17 bits per heavy atom. The molecule has 1 amide bonds. The van der Waals surface area contributed by atoms with Crippen LogP contribution < -0.4 is 19.5 Å². The third-order valence-electron chi connectivity index (χ3n) is 4.05. The molecule has 24 heavy (non-hydrogen) atoms. The first-order valence-electron chi connectivity index (χ1n) is 7.93. The quantitative estimate of drug-likeness (QED) is 0.913. The molecule has 0 aliphatic carbocycles. The number of nitrogens with one attached hydrogen (secondary N) is 1. The van der Waals surface area contributed by atoms with Crippen LogP contribution >= 0.6 is 0 Å². The molecule has 0 radical (unpaired) electrons. The van der Waals surface area contributed by atoms with E-state index in [2.05, 4.69) is 25.2 Å². The van der Waals surface area contributed by atoms with Gasteiger partial charge in [-0.25, -0.2) is 0 Å². The standard InChI is InChI=1S/C19H21NO4/c1-12(2)13-4-5-15(17(8-13)22-3)10-20-19(21)14-6-7-16-18(9-14)24-11-23-16/h4-9,12H,10-11H2,1-3H3,(H,20,21). The second kappa shape index (κ2) is 6.83. The van der Waals surface area contributed by atoms with Crippen molar-refractivity contribution in [1.82, 2.24) is 5.32 Å². The maximum atomic E-state index is 12.3. The fourth-order valence-corrected chi connectivity index (χ4v) is 2.58. The maximum Gasteiger partial charge on any atom is 0.251 e. The molecule has 0 atom stereocenters. The predicted octanol–water partition coefficient (Wildman–Crippen LogP) is 3.48. The monoisotopic (exact) mass is 327 g/mol. The van der Waals surface area contributed by atoms with Crippen molar-refractivity contribution < 1.29 is 19.0 Å². The van der Waals surface area contributed by atoms with Crippen LogP contribution in [0.4, 0.5) is 0 Å². The number of rotatable bonds is 5. The number of hydrogen-bond acceptors (Lipinski definition) is 4. The highest BCUT2D eigenvalue weighted by molar-refractivity contribution is 5.94. The Morgan fingerprint density at radius 3 is 2.71 bits per heavy atom. The van der Waals surface area contributed by atoms with Gasteiger partial charge in [-0.1, -0.05) is 26.0 Å².